The summed E-state index contributed by atoms with van der Waals surface area (Å²) in [4.78, 5) is 30.1. The lowest BCUT2D eigenvalue weighted by atomic mass is 9.98. The minimum absolute atomic E-state index is 0.0222. The zero-order valence-electron chi connectivity index (χ0n) is 16.4. The second-order valence-electron chi connectivity index (χ2n) is 7.80. The number of carboxylic acid groups (broad SMARTS) is 1. The fourth-order valence-electron chi connectivity index (χ4n) is 4.12. The van der Waals surface area contributed by atoms with Gasteiger partial charge in [-0.25, -0.2) is 9.78 Å². The minimum atomic E-state index is -0.979. The topological polar surface area (TPSA) is 97.6 Å². The van der Waals surface area contributed by atoms with Gasteiger partial charge >= 0.3 is 5.97 Å². The molecule has 1 aliphatic heterocycles. The van der Waals surface area contributed by atoms with Gasteiger partial charge in [-0.2, -0.15) is 5.10 Å². The molecular formula is C21H26N4O4. The summed E-state index contributed by atoms with van der Waals surface area (Å²) >= 11 is 0. The molecule has 29 heavy (non-hydrogen) atoms. The monoisotopic (exact) mass is 398 g/mol. The molecule has 8 nitrogen and oxygen atoms in total. The lowest BCUT2D eigenvalue weighted by molar-refractivity contribution is 0.0687. The molecule has 0 spiro atoms. The maximum atomic E-state index is 12.9. The number of hydrogen-bond acceptors (Lipinski definition) is 5. The average Bonchev–Trinajstić information content (AvgIpc) is 3.25. The van der Waals surface area contributed by atoms with Crippen molar-refractivity contribution in [2.24, 2.45) is 0 Å². The number of rotatable bonds is 5. The van der Waals surface area contributed by atoms with Crippen LogP contribution in [0.2, 0.25) is 0 Å². The van der Waals surface area contributed by atoms with Gasteiger partial charge in [0, 0.05) is 37.1 Å². The lowest BCUT2D eigenvalue weighted by Gasteiger charge is -2.32. The molecule has 1 amide bonds. The summed E-state index contributed by atoms with van der Waals surface area (Å²) in [6, 6.07) is 3.58. The number of aromatic carboxylic acids is 1. The number of nitrogens with zero attached hydrogens (tertiary/aromatic N) is 4. The van der Waals surface area contributed by atoms with E-state index in [1.54, 1.807) is 29.2 Å². The molecule has 2 aromatic rings. The molecule has 0 aromatic carbocycles. The van der Waals surface area contributed by atoms with Crippen LogP contribution in [0.5, 0.6) is 5.88 Å². The van der Waals surface area contributed by atoms with Crippen LogP contribution in [0.3, 0.4) is 0 Å². The smallest absolute Gasteiger partial charge is 0.338 e. The second-order valence-corrected chi connectivity index (χ2v) is 7.80. The third-order valence-corrected chi connectivity index (χ3v) is 5.80. The van der Waals surface area contributed by atoms with Gasteiger partial charge in [-0.3, -0.25) is 9.48 Å². The number of amides is 1. The Balaban J connectivity index is 1.35. The van der Waals surface area contributed by atoms with Crippen LogP contribution >= 0.6 is 0 Å². The van der Waals surface area contributed by atoms with Gasteiger partial charge in [0.1, 0.15) is 6.10 Å². The number of pyridine rings is 1. The third kappa shape index (κ3) is 4.58. The van der Waals surface area contributed by atoms with Crippen LogP contribution in [0, 0.1) is 0 Å². The Kier molecular flexibility index (Phi) is 5.78. The number of carbonyl (C=O) groups excluding carboxylic acids is 1. The minimum Gasteiger partial charge on any atom is -0.478 e. The number of piperidine rings is 1. The van der Waals surface area contributed by atoms with Gasteiger partial charge in [0.15, 0.2) is 0 Å². The first-order chi connectivity index (χ1) is 14.1. The van der Waals surface area contributed by atoms with Crippen LogP contribution in [0.15, 0.2) is 30.7 Å². The lowest BCUT2D eigenvalue weighted by Crippen LogP contribution is -2.39. The largest absolute Gasteiger partial charge is 0.478 e. The second kappa shape index (κ2) is 8.63. The van der Waals surface area contributed by atoms with Gasteiger partial charge in [-0.1, -0.05) is 6.42 Å². The molecule has 3 heterocycles. The van der Waals surface area contributed by atoms with Crippen LogP contribution < -0.4 is 4.74 Å². The molecule has 2 aliphatic rings. The Morgan fingerprint density at radius 1 is 1.07 bits per heavy atom. The van der Waals surface area contributed by atoms with Crippen molar-refractivity contribution in [3.05, 3.63) is 41.9 Å². The summed E-state index contributed by atoms with van der Waals surface area (Å²) in [7, 11) is 0. The molecule has 0 bridgehead atoms. The van der Waals surface area contributed by atoms with Crippen LogP contribution in [0.4, 0.5) is 0 Å². The van der Waals surface area contributed by atoms with Gasteiger partial charge in [0.25, 0.3) is 5.91 Å². The number of hydrogen-bond donors (Lipinski definition) is 1. The summed E-state index contributed by atoms with van der Waals surface area (Å²) in [5, 5.41) is 13.2. The van der Waals surface area contributed by atoms with Crippen molar-refractivity contribution < 1.29 is 19.4 Å². The number of carbonyl (C=O) groups is 2. The number of carboxylic acids is 1. The molecule has 1 N–H and O–H groups in total. The third-order valence-electron chi connectivity index (χ3n) is 5.80. The number of likely N-dealkylation sites (tertiary alicyclic amines) is 1. The highest BCUT2D eigenvalue weighted by atomic mass is 16.5. The van der Waals surface area contributed by atoms with Crippen molar-refractivity contribution in [2.45, 2.75) is 57.1 Å². The fraction of sp³-hybridized carbons (Fsp3) is 0.524. The van der Waals surface area contributed by atoms with Gasteiger partial charge in [-0.05, 0) is 44.6 Å². The molecule has 1 aliphatic carbocycles. The molecule has 2 fully saturated rings. The van der Waals surface area contributed by atoms with Crippen molar-refractivity contribution in [3.63, 3.8) is 0 Å². The summed E-state index contributed by atoms with van der Waals surface area (Å²) in [5.74, 6) is -0.478. The van der Waals surface area contributed by atoms with Gasteiger partial charge in [0.05, 0.1) is 17.8 Å². The number of ether oxygens (including phenoxy) is 1. The molecule has 8 heteroatoms. The van der Waals surface area contributed by atoms with E-state index in [0.29, 0.717) is 24.5 Å². The molecule has 1 saturated heterocycles. The molecule has 2 aromatic heterocycles. The van der Waals surface area contributed by atoms with E-state index in [0.717, 1.165) is 25.7 Å². The summed E-state index contributed by atoms with van der Waals surface area (Å²) in [5.41, 5.74) is 0.780. The van der Waals surface area contributed by atoms with Crippen LogP contribution in [-0.4, -0.2) is 55.8 Å². The molecule has 4 rings (SSSR count). The van der Waals surface area contributed by atoms with Gasteiger partial charge in [-0.15, -0.1) is 0 Å². The maximum absolute atomic E-state index is 12.9. The van der Waals surface area contributed by atoms with E-state index >= 15 is 0 Å². The highest BCUT2D eigenvalue weighted by Crippen LogP contribution is 2.25. The van der Waals surface area contributed by atoms with Crippen molar-refractivity contribution in [2.75, 3.05) is 13.1 Å². The van der Waals surface area contributed by atoms with Crippen LogP contribution in [0.1, 0.15) is 71.7 Å². The highest BCUT2D eigenvalue weighted by Gasteiger charge is 2.26. The highest BCUT2D eigenvalue weighted by molar-refractivity contribution is 5.94. The van der Waals surface area contributed by atoms with Crippen molar-refractivity contribution >= 4 is 11.9 Å². The van der Waals surface area contributed by atoms with Crippen molar-refractivity contribution in [1.29, 1.82) is 0 Å². The quantitative estimate of drug-likeness (QED) is 0.831. The van der Waals surface area contributed by atoms with E-state index in [-0.39, 0.29) is 23.6 Å². The summed E-state index contributed by atoms with van der Waals surface area (Å²) in [6.07, 6.45) is 12.0. The standard InChI is InChI=1S/C21H26N4O4/c26-20(15-6-9-22-19(12-15)29-18-4-2-1-3-5-18)24-10-7-17(8-11-24)25-14-16(13-23-25)21(27)28/h6,9,12-14,17-18H,1-5,7-8,10-11H2,(H,27,28). The Labute approximate surface area is 169 Å². The molecule has 0 radical (unpaired) electrons. The average molecular weight is 398 g/mol. The molecule has 0 atom stereocenters. The number of aromatic nitrogens is 3. The van der Waals surface area contributed by atoms with E-state index in [2.05, 4.69) is 10.1 Å². The van der Waals surface area contributed by atoms with Crippen LogP contribution in [0.25, 0.3) is 0 Å². The maximum Gasteiger partial charge on any atom is 0.338 e. The van der Waals surface area contributed by atoms with E-state index < -0.39 is 5.97 Å². The van der Waals surface area contributed by atoms with Crippen molar-refractivity contribution in [1.82, 2.24) is 19.7 Å². The Morgan fingerprint density at radius 2 is 1.83 bits per heavy atom. The predicted molar refractivity (Wildman–Crippen MR) is 105 cm³/mol. The first-order valence-corrected chi connectivity index (χ1v) is 10.3. The van der Waals surface area contributed by atoms with E-state index in [1.165, 1.54) is 25.5 Å². The normalized spacial score (nSPS) is 18.6. The Morgan fingerprint density at radius 3 is 2.52 bits per heavy atom. The van der Waals surface area contributed by atoms with E-state index in [9.17, 15) is 9.59 Å². The zero-order chi connectivity index (χ0) is 20.2. The first-order valence-electron chi connectivity index (χ1n) is 10.3. The molecule has 0 unspecified atom stereocenters. The SMILES string of the molecule is O=C(O)c1cnn(C2CCN(C(=O)c3ccnc(OC4CCCCC4)c3)CC2)c1. The predicted octanol–water partition coefficient (Wildman–Crippen LogP) is 3.17. The van der Waals surface area contributed by atoms with Crippen molar-refractivity contribution in [3.8, 4) is 5.88 Å². The van der Waals surface area contributed by atoms with E-state index in [1.807, 2.05) is 4.90 Å². The molecule has 1 saturated carbocycles. The molecule has 154 valence electrons. The summed E-state index contributed by atoms with van der Waals surface area (Å²) in [6.45, 7) is 1.21. The Bertz CT molecular complexity index is 867. The summed E-state index contributed by atoms with van der Waals surface area (Å²) < 4.78 is 7.69. The first kappa shape index (κ1) is 19.4. The van der Waals surface area contributed by atoms with E-state index in [4.69, 9.17) is 9.84 Å². The zero-order valence-corrected chi connectivity index (χ0v) is 16.4. The van der Waals surface area contributed by atoms with Gasteiger partial charge in [0.2, 0.25) is 5.88 Å². The fourth-order valence-corrected chi connectivity index (χ4v) is 4.12. The Hall–Kier alpha value is -2.90. The van der Waals surface area contributed by atoms with Gasteiger partial charge < -0.3 is 14.7 Å². The molecular weight excluding hydrogens is 372 g/mol. The van der Waals surface area contributed by atoms with Crippen LogP contribution in [-0.2, 0) is 0 Å².